The fourth-order valence-electron chi connectivity index (χ4n) is 2.35. The molecule has 1 saturated carbocycles. The van der Waals surface area contributed by atoms with Crippen molar-refractivity contribution in [3.05, 3.63) is 11.8 Å². The van der Waals surface area contributed by atoms with Crippen LogP contribution >= 0.6 is 0 Å². The molecule has 1 aliphatic rings. The second kappa shape index (κ2) is 5.26. The molecule has 2 rings (SSSR count). The first-order valence-electron chi connectivity index (χ1n) is 7.61. The SMILES string of the molecule is C[C@@H](O[Si](C)(C)C(C)(C)C)c1nnc([C@H]2C[C@H](C)C2)o1. The Morgan fingerprint density at radius 1 is 1.25 bits per heavy atom. The third kappa shape index (κ3) is 3.14. The molecule has 4 nitrogen and oxygen atoms in total. The van der Waals surface area contributed by atoms with Crippen LogP contribution in [0.15, 0.2) is 4.42 Å². The summed E-state index contributed by atoms with van der Waals surface area (Å²) in [6.45, 7) is 15.5. The van der Waals surface area contributed by atoms with Crippen molar-refractivity contribution in [2.24, 2.45) is 5.92 Å². The molecular weight excluding hydrogens is 268 g/mol. The molecule has 1 aliphatic carbocycles. The van der Waals surface area contributed by atoms with Crippen LogP contribution in [0.25, 0.3) is 0 Å². The lowest BCUT2D eigenvalue weighted by Gasteiger charge is -2.37. The predicted molar refractivity (Wildman–Crippen MR) is 82.1 cm³/mol. The second-order valence-electron chi connectivity index (χ2n) is 7.77. The molecule has 1 atom stereocenters. The number of aromatic nitrogens is 2. The second-order valence-corrected chi connectivity index (χ2v) is 12.5. The molecule has 114 valence electrons. The van der Waals surface area contributed by atoms with E-state index in [0.717, 1.165) is 11.8 Å². The van der Waals surface area contributed by atoms with E-state index in [9.17, 15) is 0 Å². The van der Waals surface area contributed by atoms with Gasteiger partial charge in [-0.25, -0.2) is 0 Å². The highest BCUT2D eigenvalue weighted by atomic mass is 28.4. The molecule has 1 heterocycles. The van der Waals surface area contributed by atoms with Crippen LogP contribution in [0.2, 0.25) is 18.1 Å². The molecule has 0 unspecified atom stereocenters. The van der Waals surface area contributed by atoms with Gasteiger partial charge in [0.2, 0.25) is 11.8 Å². The highest BCUT2D eigenvalue weighted by Crippen LogP contribution is 2.42. The summed E-state index contributed by atoms with van der Waals surface area (Å²) in [5, 5.41) is 8.58. The Labute approximate surface area is 123 Å². The van der Waals surface area contributed by atoms with E-state index in [4.69, 9.17) is 8.84 Å². The molecule has 5 heteroatoms. The van der Waals surface area contributed by atoms with Crippen molar-refractivity contribution in [3.8, 4) is 0 Å². The van der Waals surface area contributed by atoms with Crippen molar-refractivity contribution < 1.29 is 8.84 Å². The molecule has 0 bridgehead atoms. The first-order valence-corrected chi connectivity index (χ1v) is 10.5. The Hall–Kier alpha value is -0.683. The van der Waals surface area contributed by atoms with Gasteiger partial charge in [-0.2, -0.15) is 0 Å². The van der Waals surface area contributed by atoms with E-state index in [2.05, 4.69) is 51.0 Å². The van der Waals surface area contributed by atoms with Gasteiger partial charge in [-0.15, -0.1) is 10.2 Å². The molecule has 0 N–H and O–H groups in total. The number of hydrogen-bond acceptors (Lipinski definition) is 4. The van der Waals surface area contributed by atoms with Crippen molar-refractivity contribution in [1.82, 2.24) is 10.2 Å². The Kier molecular flexibility index (Phi) is 4.13. The zero-order valence-electron chi connectivity index (χ0n) is 13.9. The van der Waals surface area contributed by atoms with E-state index in [1.165, 1.54) is 12.8 Å². The fourth-order valence-corrected chi connectivity index (χ4v) is 3.69. The number of hydrogen-bond donors (Lipinski definition) is 0. The van der Waals surface area contributed by atoms with Gasteiger partial charge < -0.3 is 8.84 Å². The quantitative estimate of drug-likeness (QED) is 0.758. The van der Waals surface area contributed by atoms with Gasteiger partial charge in [0, 0.05) is 5.92 Å². The van der Waals surface area contributed by atoms with E-state index >= 15 is 0 Å². The van der Waals surface area contributed by atoms with E-state index in [1.54, 1.807) is 0 Å². The lowest BCUT2D eigenvalue weighted by Crippen LogP contribution is -2.41. The fraction of sp³-hybridized carbons (Fsp3) is 0.867. The lowest BCUT2D eigenvalue weighted by atomic mass is 9.76. The smallest absolute Gasteiger partial charge is 0.243 e. The Bertz CT molecular complexity index is 459. The van der Waals surface area contributed by atoms with E-state index in [-0.39, 0.29) is 11.1 Å². The van der Waals surface area contributed by atoms with Crippen LogP contribution in [0.1, 0.15) is 71.3 Å². The van der Waals surface area contributed by atoms with Crippen molar-refractivity contribution in [1.29, 1.82) is 0 Å². The summed E-state index contributed by atoms with van der Waals surface area (Å²) in [5.74, 6) is 2.68. The largest absolute Gasteiger partial charge is 0.422 e. The van der Waals surface area contributed by atoms with Crippen molar-refractivity contribution >= 4 is 8.32 Å². The van der Waals surface area contributed by atoms with Crippen molar-refractivity contribution in [2.75, 3.05) is 0 Å². The Morgan fingerprint density at radius 2 is 1.85 bits per heavy atom. The minimum Gasteiger partial charge on any atom is -0.422 e. The molecule has 20 heavy (non-hydrogen) atoms. The van der Waals surface area contributed by atoms with Gasteiger partial charge >= 0.3 is 0 Å². The van der Waals surface area contributed by atoms with Gasteiger partial charge in [0.25, 0.3) is 0 Å². The third-order valence-corrected chi connectivity index (χ3v) is 9.36. The molecule has 0 aromatic carbocycles. The molecule has 0 amide bonds. The summed E-state index contributed by atoms with van der Waals surface area (Å²) >= 11 is 0. The molecule has 1 aromatic heterocycles. The Morgan fingerprint density at radius 3 is 2.35 bits per heavy atom. The van der Waals surface area contributed by atoms with Gasteiger partial charge in [-0.3, -0.25) is 0 Å². The lowest BCUT2D eigenvalue weighted by molar-refractivity contribution is 0.160. The summed E-state index contributed by atoms with van der Waals surface area (Å²) in [4.78, 5) is 0. The maximum atomic E-state index is 6.30. The molecule has 0 spiro atoms. The highest BCUT2D eigenvalue weighted by Gasteiger charge is 2.40. The number of rotatable bonds is 4. The first kappa shape index (κ1) is 15.7. The highest BCUT2D eigenvalue weighted by molar-refractivity contribution is 6.74. The standard InChI is InChI=1S/C15H28N2O2Si/c1-10-8-12(9-10)14-17-16-13(18-14)11(2)19-20(6,7)15(3,4)5/h10-12H,8-9H2,1-7H3/t10-,11-,12-/m1/s1. The summed E-state index contributed by atoms with van der Waals surface area (Å²) in [6, 6.07) is 0. The summed E-state index contributed by atoms with van der Waals surface area (Å²) in [5.41, 5.74) is 0. The summed E-state index contributed by atoms with van der Waals surface area (Å²) in [6.07, 6.45) is 2.22. The minimum atomic E-state index is -1.80. The van der Waals surface area contributed by atoms with Crippen LogP contribution in [0, 0.1) is 5.92 Å². The monoisotopic (exact) mass is 296 g/mol. The summed E-state index contributed by atoms with van der Waals surface area (Å²) < 4.78 is 12.1. The molecule has 1 fully saturated rings. The molecule has 0 aliphatic heterocycles. The topological polar surface area (TPSA) is 48.2 Å². The molecule has 0 radical (unpaired) electrons. The maximum Gasteiger partial charge on any atom is 0.243 e. The van der Waals surface area contributed by atoms with Crippen molar-refractivity contribution in [3.63, 3.8) is 0 Å². The van der Waals surface area contributed by atoms with Crippen LogP contribution in [-0.4, -0.2) is 18.5 Å². The van der Waals surface area contributed by atoms with Gasteiger partial charge in [0.1, 0.15) is 6.10 Å². The first-order chi connectivity index (χ1) is 9.10. The van der Waals surface area contributed by atoms with Gasteiger partial charge in [0.15, 0.2) is 8.32 Å². The zero-order valence-corrected chi connectivity index (χ0v) is 14.9. The van der Waals surface area contributed by atoms with Gasteiger partial charge in [-0.1, -0.05) is 27.7 Å². The molecule has 0 saturated heterocycles. The number of nitrogens with zero attached hydrogens (tertiary/aromatic N) is 2. The van der Waals surface area contributed by atoms with Crippen LogP contribution in [-0.2, 0) is 4.43 Å². The minimum absolute atomic E-state index is 0.116. The molecular formula is C15H28N2O2Si. The zero-order chi connectivity index (χ0) is 15.1. The normalized spacial score (nSPS) is 25.4. The van der Waals surface area contributed by atoms with Crippen LogP contribution < -0.4 is 0 Å². The van der Waals surface area contributed by atoms with E-state index in [0.29, 0.717) is 11.8 Å². The maximum absolute atomic E-state index is 6.30. The molecule has 1 aromatic rings. The van der Waals surface area contributed by atoms with E-state index in [1.807, 2.05) is 6.92 Å². The summed E-state index contributed by atoms with van der Waals surface area (Å²) in [7, 11) is -1.80. The van der Waals surface area contributed by atoms with Gasteiger partial charge in [-0.05, 0) is 43.8 Å². The third-order valence-electron chi connectivity index (χ3n) is 4.80. The predicted octanol–water partition coefficient (Wildman–Crippen LogP) is 4.67. The van der Waals surface area contributed by atoms with Crippen LogP contribution in [0.3, 0.4) is 0 Å². The van der Waals surface area contributed by atoms with Crippen LogP contribution in [0.4, 0.5) is 0 Å². The average molecular weight is 296 g/mol. The van der Waals surface area contributed by atoms with Gasteiger partial charge in [0.05, 0.1) is 0 Å². The Balaban J connectivity index is 2.01. The van der Waals surface area contributed by atoms with Crippen LogP contribution in [0.5, 0.6) is 0 Å². The average Bonchev–Trinajstić information content (AvgIpc) is 2.71. The van der Waals surface area contributed by atoms with Crippen molar-refractivity contribution in [2.45, 2.75) is 77.6 Å². The van der Waals surface area contributed by atoms with E-state index < -0.39 is 8.32 Å².